The first-order chi connectivity index (χ1) is 12.8. The summed E-state index contributed by atoms with van der Waals surface area (Å²) in [6.07, 6.45) is 3.65. The number of hydrogen-bond acceptors (Lipinski definition) is 7. The molecule has 0 unspecified atom stereocenters. The maximum absolute atomic E-state index is 14.3. The van der Waals surface area contributed by atoms with E-state index in [1.54, 1.807) is 0 Å². The van der Waals surface area contributed by atoms with E-state index in [1.165, 1.54) is 19.0 Å². The molecule has 144 valence electrons. The van der Waals surface area contributed by atoms with E-state index >= 15 is 0 Å². The van der Waals surface area contributed by atoms with E-state index in [2.05, 4.69) is 26.7 Å². The second-order valence-corrected chi connectivity index (χ2v) is 7.26. The number of hydrogen-bond donors (Lipinski definition) is 0. The van der Waals surface area contributed by atoms with Gasteiger partial charge in [0.2, 0.25) is 5.95 Å². The van der Waals surface area contributed by atoms with Gasteiger partial charge >= 0.3 is 0 Å². The van der Waals surface area contributed by atoms with Crippen molar-refractivity contribution in [2.24, 2.45) is 0 Å². The number of aromatic nitrogens is 2. The van der Waals surface area contributed by atoms with Gasteiger partial charge in [0.25, 0.3) is 0 Å². The van der Waals surface area contributed by atoms with E-state index < -0.39 is 0 Å². The molecule has 0 aliphatic carbocycles. The van der Waals surface area contributed by atoms with Gasteiger partial charge in [-0.2, -0.15) is 4.98 Å². The second-order valence-electron chi connectivity index (χ2n) is 7.26. The minimum absolute atomic E-state index is 0.356. The lowest BCUT2D eigenvalue weighted by Gasteiger charge is -2.48. The quantitative estimate of drug-likeness (QED) is 0.793. The highest BCUT2D eigenvalue weighted by molar-refractivity contribution is 5.45. The van der Waals surface area contributed by atoms with Crippen LogP contribution in [-0.2, 0) is 9.47 Å². The summed E-state index contributed by atoms with van der Waals surface area (Å²) < 4.78 is 25.5. The van der Waals surface area contributed by atoms with E-state index in [0.717, 1.165) is 32.8 Å². The summed E-state index contributed by atoms with van der Waals surface area (Å²) >= 11 is 0. The fourth-order valence-electron chi connectivity index (χ4n) is 4.20. The standard InChI is InChI=1S/C18H28FN5O2/c1-2-3-14-12-26-13-15-11-23(4-5-24(14)15)18-20-10-16(19)17(21-18)22-6-8-25-9-7-22/h10,14-15H,2-9,11-13H2,1H3/t14-,15+/m0/s1. The molecule has 3 fully saturated rings. The lowest BCUT2D eigenvalue weighted by atomic mass is 10.0. The summed E-state index contributed by atoms with van der Waals surface area (Å²) in [6, 6.07) is 0.869. The first kappa shape index (κ1) is 17.9. The van der Waals surface area contributed by atoms with Crippen molar-refractivity contribution in [3.8, 4) is 0 Å². The van der Waals surface area contributed by atoms with Gasteiger partial charge in [0.05, 0.1) is 38.7 Å². The van der Waals surface area contributed by atoms with E-state index in [0.29, 0.717) is 50.2 Å². The van der Waals surface area contributed by atoms with Crippen molar-refractivity contribution in [3.63, 3.8) is 0 Å². The fraction of sp³-hybridized carbons (Fsp3) is 0.778. The number of anilines is 2. The molecule has 1 aromatic rings. The van der Waals surface area contributed by atoms with Crippen LogP contribution in [0.15, 0.2) is 6.20 Å². The molecular formula is C18H28FN5O2. The predicted molar refractivity (Wildman–Crippen MR) is 97.2 cm³/mol. The van der Waals surface area contributed by atoms with E-state index in [4.69, 9.17) is 9.47 Å². The number of halogens is 1. The van der Waals surface area contributed by atoms with Crippen LogP contribution in [0.4, 0.5) is 16.2 Å². The molecule has 4 rings (SSSR count). The molecule has 2 atom stereocenters. The molecule has 0 saturated carbocycles. The Labute approximate surface area is 154 Å². The van der Waals surface area contributed by atoms with Gasteiger partial charge in [0.15, 0.2) is 11.6 Å². The molecule has 0 amide bonds. The van der Waals surface area contributed by atoms with Crippen molar-refractivity contribution in [1.82, 2.24) is 14.9 Å². The van der Waals surface area contributed by atoms with Crippen LogP contribution in [0.5, 0.6) is 0 Å². The topological polar surface area (TPSA) is 54.0 Å². The molecule has 0 spiro atoms. The number of piperazine rings is 1. The maximum atomic E-state index is 14.3. The Morgan fingerprint density at radius 3 is 2.77 bits per heavy atom. The fourth-order valence-corrected chi connectivity index (χ4v) is 4.20. The highest BCUT2D eigenvalue weighted by Crippen LogP contribution is 2.25. The van der Waals surface area contributed by atoms with E-state index in [-0.39, 0.29) is 5.82 Å². The van der Waals surface area contributed by atoms with Crippen LogP contribution < -0.4 is 9.80 Å². The Hall–Kier alpha value is -1.51. The zero-order valence-corrected chi connectivity index (χ0v) is 15.4. The van der Waals surface area contributed by atoms with Crippen molar-refractivity contribution in [2.75, 3.05) is 69.0 Å². The smallest absolute Gasteiger partial charge is 0.227 e. The Balaban J connectivity index is 1.48. The summed E-state index contributed by atoms with van der Waals surface area (Å²) in [7, 11) is 0. The number of ether oxygens (including phenoxy) is 2. The van der Waals surface area contributed by atoms with Gasteiger partial charge < -0.3 is 19.3 Å². The lowest BCUT2D eigenvalue weighted by molar-refractivity contribution is -0.0559. The molecule has 3 saturated heterocycles. The van der Waals surface area contributed by atoms with Gasteiger partial charge in [-0.05, 0) is 6.42 Å². The third-order valence-corrected chi connectivity index (χ3v) is 5.55. The molecule has 4 heterocycles. The zero-order chi connectivity index (χ0) is 17.9. The second kappa shape index (κ2) is 8.02. The average Bonchev–Trinajstić information content (AvgIpc) is 2.69. The molecule has 3 aliphatic rings. The SMILES string of the molecule is CCC[C@H]1COC[C@H]2CN(c3ncc(F)c(N4CCOCC4)n3)CCN12. The number of fused-ring (bicyclic) bond motifs is 1. The normalized spacial score (nSPS) is 27.5. The van der Waals surface area contributed by atoms with E-state index in [1.807, 2.05) is 4.90 Å². The Morgan fingerprint density at radius 2 is 1.96 bits per heavy atom. The minimum atomic E-state index is -0.363. The molecule has 1 aromatic heterocycles. The van der Waals surface area contributed by atoms with Crippen LogP contribution in [0.25, 0.3) is 0 Å². The summed E-state index contributed by atoms with van der Waals surface area (Å²) in [5.74, 6) is 0.646. The van der Waals surface area contributed by atoms with Gasteiger partial charge in [-0.1, -0.05) is 13.3 Å². The number of nitrogens with zero attached hydrogens (tertiary/aromatic N) is 5. The van der Waals surface area contributed by atoms with Crippen LogP contribution >= 0.6 is 0 Å². The summed E-state index contributed by atoms with van der Waals surface area (Å²) in [4.78, 5) is 15.5. The van der Waals surface area contributed by atoms with Gasteiger partial charge in [0, 0.05) is 38.8 Å². The molecule has 26 heavy (non-hydrogen) atoms. The van der Waals surface area contributed by atoms with Crippen LogP contribution in [0.2, 0.25) is 0 Å². The van der Waals surface area contributed by atoms with Crippen LogP contribution in [0, 0.1) is 5.82 Å². The Bertz CT molecular complexity index is 611. The third-order valence-electron chi connectivity index (χ3n) is 5.55. The zero-order valence-electron chi connectivity index (χ0n) is 15.4. The Kier molecular flexibility index (Phi) is 5.52. The van der Waals surface area contributed by atoms with Crippen molar-refractivity contribution in [3.05, 3.63) is 12.0 Å². The summed E-state index contributed by atoms with van der Waals surface area (Å²) in [5.41, 5.74) is 0. The van der Waals surface area contributed by atoms with Crippen LogP contribution in [0.1, 0.15) is 19.8 Å². The molecular weight excluding hydrogens is 337 g/mol. The van der Waals surface area contributed by atoms with Gasteiger partial charge in [-0.25, -0.2) is 9.37 Å². The van der Waals surface area contributed by atoms with Crippen LogP contribution in [-0.4, -0.2) is 86.1 Å². The predicted octanol–water partition coefficient (Wildman–Crippen LogP) is 1.14. The summed E-state index contributed by atoms with van der Waals surface area (Å²) in [5, 5.41) is 0. The average molecular weight is 365 g/mol. The Morgan fingerprint density at radius 1 is 1.12 bits per heavy atom. The first-order valence-corrected chi connectivity index (χ1v) is 9.70. The molecule has 0 N–H and O–H groups in total. The highest BCUT2D eigenvalue weighted by atomic mass is 19.1. The van der Waals surface area contributed by atoms with Gasteiger partial charge in [0.1, 0.15) is 0 Å². The molecule has 0 radical (unpaired) electrons. The van der Waals surface area contributed by atoms with E-state index in [9.17, 15) is 4.39 Å². The van der Waals surface area contributed by atoms with Crippen LogP contribution in [0.3, 0.4) is 0 Å². The third kappa shape index (κ3) is 3.63. The summed E-state index contributed by atoms with van der Waals surface area (Å²) in [6.45, 7) is 9.01. The monoisotopic (exact) mass is 365 g/mol. The van der Waals surface area contributed by atoms with Crippen molar-refractivity contribution in [1.29, 1.82) is 0 Å². The number of morpholine rings is 2. The molecule has 8 heteroatoms. The first-order valence-electron chi connectivity index (χ1n) is 9.70. The lowest BCUT2D eigenvalue weighted by Crippen LogP contribution is -2.62. The number of rotatable bonds is 4. The maximum Gasteiger partial charge on any atom is 0.227 e. The minimum Gasteiger partial charge on any atom is -0.378 e. The van der Waals surface area contributed by atoms with Crippen molar-refractivity contribution >= 4 is 11.8 Å². The van der Waals surface area contributed by atoms with Gasteiger partial charge in [-0.3, -0.25) is 4.90 Å². The highest BCUT2D eigenvalue weighted by Gasteiger charge is 2.36. The molecule has 0 aromatic carbocycles. The molecule has 3 aliphatic heterocycles. The van der Waals surface area contributed by atoms with Crippen molar-refractivity contribution in [2.45, 2.75) is 31.8 Å². The largest absolute Gasteiger partial charge is 0.378 e. The molecule has 0 bridgehead atoms. The molecule has 7 nitrogen and oxygen atoms in total. The van der Waals surface area contributed by atoms with Gasteiger partial charge in [-0.15, -0.1) is 0 Å². The van der Waals surface area contributed by atoms with Crippen molar-refractivity contribution < 1.29 is 13.9 Å².